The molecule has 0 radical (unpaired) electrons. The predicted molar refractivity (Wildman–Crippen MR) is 96.1 cm³/mol. The zero-order chi connectivity index (χ0) is 17.7. The van der Waals surface area contributed by atoms with E-state index in [0.717, 1.165) is 49.1 Å². The quantitative estimate of drug-likeness (QED) is 0.639. The summed E-state index contributed by atoms with van der Waals surface area (Å²) in [7, 11) is 0. The summed E-state index contributed by atoms with van der Waals surface area (Å²) >= 11 is 0. The van der Waals surface area contributed by atoms with Crippen LogP contribution in [0.3, 0.4) is 0 Å². The Bertz CT molecular complexity index is 540. The second kappa shape index (κ2) is 8.01. The molecule has 0 bridgehead atoms. The maximum absolute atomic E-state index is 5.95. The van der Waals surface area contributed by atoms with Crippen LogP contribution in [0.15, 0.2) is 9.52 Å². The van der Waals surface area contributed by atoms with Crippen molar-refractivity contribution in [3.05, 3.63) is 17.0 Å². The third kappa shape index (κ3) is 4.72. The molecule has 136 valence electrons. The highest BCUT2D eigenvalue weighted by Gasteiger charge is 2.37. The Morgan fingerprint density at radius 2 is 2.04 bits per heavy atom. The summed E-state index contributed by atoms with van der Waals surface area (Å²) < 4.78 is 11.2. The molecule has 0 saturated carbocycles. The third-order valence-electron chi connectivity index (χ3n) is 4.52. The highest BCUT2D eigenvalue weighted by Crippen LogP contribution is 2.34. The van der Waals surface area contributed by atoms with E-state index >= 15 is 0 Å². The highest BCUT2D eigenvalue weighted by atomic mass is 16.5. The zero-order valence-corrected chi connectivity index (χ0v) is 15.9. The smallest absolute Gasteiger partial charge is 0.191 e. The van der Waals surface area contributed by atoms with Crippen LogP contribution in [-0.2, 0) is 11.3 Å². The molecule has 1 fully saturated rings. The van der Waals surface area contributed by atoms with Gasteiger partial charge in [-0.25, -0.2) is 4.99 Å². The van der Waals surface area contributed by atoms with Crippen molar-refractivity contribution >= 4 is 5.96 Å². The zero-order valence-electron chi connectivity index (χ0n) is 15.9. The number of aromatic nitrogens is 1. The molecule has 24 heavy (non-hydrogen) atoms. The molecular formula is C18H32N4O2. The second-order valence-corrected chi connectivity index (χ2v) is 7.58. The van der Waals surface area contributed by atoms with Gasteiger partial charge in [0.15, 0.2) is 5.96 Å². The molecule has 0 aliphatic carbocycles. The molecule has 1 aromatic heterocycles. The molecule has 2 atom stereocenters. The highest BCUT2D eigenvalue weighted by molar-refractivity contribution is 5.79. The lowest BCUT2D eigenvalue weighted by molar-refractivity contribution is 0.00801. The number of hydrogen-bond donors (Lipinski definition) is 2. The molecule has 0 amide bonds. The Labute approximate surface area is 145 Å². The first-order valence-corrected chi connectivity index (χ1v) is 8.88. The molecule has 2 heterocycles. The molecule has 2 N–H and O–H groups in total. The van der Waals surface area contributed by atoms with Crippen molar-refractivity contribution in [2.75, 3.05) is 19.7 Å². The lowest BCUT2D eigenvalue weighted by Crippen LogP contribution is -2.43. The maximum atomic E-state index is 5.95. The van der Waals surface area contributed by atoms with E-state index < -0.39 is 0 Å². The van der Waals surface area contributed by atoms with E-state index in [-0.39, 0.29) is 11.5 Å². The summed E-state index contributed by atoms with van der Waals surface area (Å²) in [4.78, 5) is 4.68. The molecule has 1 saturated heterocycles. The van der Waals surface area contributed by atoms with Gasteiger partial charge in [0.1, 0.15) is 5.76 Å². The lowest BCUT2D eigenvalue weighted by atomic mass is 9.81. The molecule has 6 nitrogen and oxygen atoms in total. The number of aryl methyl sites for hydroxylation is 2. The molecule has 1 aromatic rings. The van der Waals surface area contributed by atoms with Gasteiger partial charge in [-0.1, -0.05) is 25.9 Å². The summed E-state index contributed by atoms with van der Waals surface area (Å²) in [6.45, 7) is 15.8. The fourth-order valence-corrected chi connectivity index (χ4v) is 3.26. The van der Waals surface area contributed by atoms with E-state index in [2.05, 4.69) is 48.5 Å². The van der Waals surface area contributed by atoms with Crippen LogP contribution in [0, 0.1) is 25.2 Å². The minimum absolute atomic E-state index is 0.162. The molecule has 0 unspecified atom stereocenters. The SMILES string of the molecule is CCNC(=NCc1c(C)noc1C)NC[C@@H]1CCO[C@@H]1C(C)(C)C. The molecule has 1 aliphatic heterocycles. The van der Waals surface area contributed by atoms with Crippen LogP contribution in [0.1, 0.15) is 51.1 Å². The van der Waals surface area contributed by atoms with Crippen LogP contribution in [0.5, 0.6) is 0 Å². The Balaban J connectivity index is 1.97. The summed E-state index contributed by atoms with van der Waals surface area (Å²) in [6.07, 6.45) is 1.38. The Morgan fingerprint density at radius 1 is 1.29 bits per heavy atom. The number of hydrogen-bond acceptors (Lipinski definition) is 4. The third-order valence-corrected chi connectivity index (χ3v) is 4.52. The van der Waals surface area contributed by atoms with E-state index in [1.165, 1.54) is 0 Å². The summed E-state index contributed by atoms with van der Waals surface area (Å²) in [5, 5.41) is 10.8. The van der Waals surface area contributed by atoms with Gasteiger partial charge < -0.3 is 19.9 Å². The first-order valence-electron chi connectivity index (χ1n) is 8.88. The van der Waals surface area contributed by atoms with Crippen molar-refractivity contribution in [2.24, 2.45) is 16.3 Å². The minimum Gasteiger partial charge on any atom is -0.377 e. The number of ether oxygens (including phenoxy) is 1. The van der Waals surface area contributed by atoms with E-state index in [4.69, 9.17) is 9.26 Å². The largest absolute Gasteiger partial charge is 0.377 e. The average Bonchev–Trinajstić information content (AvgIpc) is 3.10. The Morgan fingerprint density at radius 3 is 2.62 bits per heavy atom. The standard InChI is InChI=1S/C18H32N4O2/c1-7-19-17(21-11-15-12(2)22-24-13(15)3)20-10-14-8-9-23-16(14)18(4,5)6/h14,16H,7-11H2,1-6H3,(H2,19,20,21)/t14-,16-/m0/s1. The monoisotopic (exact) mass is 336 g/mol. The first-order chi connectivity index (χ1) is 11.3. The fourth-order valence-electron chi connectivity index (χ4n) is 3.26. The Hall–Kier alpha value is -1.56. The molecule has 6 heteroatoms. The summed E-state index contributed by atoms with van der Waals surface area (Å²) in [5.74, 6) is 2.18. The van der Waals surface area contributed by atoms with Crippen LogP contribution in [0.4, 0.5) is 0 Å². The number of nitrogens with one attached hydrogen (secondary N) is 2. The first kappa shape index (κ1) is 18.8. The van der Waals surface area contributed by atoms with E-state index in [9.17, 15) is 0 Å². The van der Waals surface area contributed by atoms with E-state index in [1.807, 2.05) is 13.8 Å². The van der Waals surface area contributed by atoms with E-state index in [1.54, 1.807) is 0 Å². The fraction of sp³-hybridized carbons (Fsp3) is 0.778. The van der Waals surface area contributed by atoms with Crippen molar-refractivity contribution in [1.29, 1.82) is 0 Å². The van der Waals surface area contributed by atoms with Crippen molar-refractivity contribution < 1.29 is 9.26 Å². The normalized spacial score (nSPS) is 22.0. The number of nitrogens with zero attached hydrogens (tertiary/aromatic N) is 2. The van der Waals surface area contributed by atoms with Gasteiger partial charge >= 0.3 is 0 Å². The second-order valence-electron chi connectivity index (χ2n) is 7.58. The molecule has 2 rings (SSSR count). The molecular weight excluding hydrogens is 304 g/mol. The topological polar surface area (TPSA) is 71.7 Å². The van der Waals surface area contributed by atoms with Gasteiger partial charge in [-0.2, -0.15) is 0 Å². The number of rotatable bonds is 5. The van der Waals surface area contributed by atoms with Crippen molar-refractivity contribution in [3.8, 4) is 0 Å². The average molecular weight is 336 g/mol. The van der Waals surface area contributed by atoms with Gasteiger partial charge in [-0.15, -0.1) is 0 Å². The van der Waals surface area contributed by atoms with Gasteiger partial charge in [0.05, 0.1) is 18.3 Å². The van der Waals surface area contributed by atoms with Crippen molar-refractivity contribution in [1.82, 2.24) is 15.8 Å². The van der Waals surface area contributed by atoms with Crippen LogP contribution < -0.4 is 10.6 Å². The summed E-state index contributed by atoms with van der Waals surface area (Å²) in [5.41, 5.74) is 2.13. The molecule has 0 spiro atoms. The predicted octanol–water partition coefficient (Wildman–Crippen LogP) is 2.80. The van der Waals surface area contributed by atoms with Gasteiger partial charge in [0.25, 0.3) is 0 Å². The molecule has 0 aromatic carbocycles. The van der Waals surface area contributed by atoms with Gasteiger partial charge in [-0.05, 0) is 32.6 Å². The Kier molecular flexibility index (Phi) is 6.27. The van der Waals surface area contributed by atoms with Crippen LogP contribution >= 0.6 is 0 Å². The van der Waals surface area contributed by atoms with Gasteiger partial charge in [0, 0.05) is 31.2 Å². The summed E-state index contributed by atoms with van der Waals surface area (Å²) in [6, 6.07) is 0. The lowest BCUT2D eigenvalue weighted by Gasteiger charge is -2.31. The maximum Gasteiger partial charge on any atom is 0.191 e. The van der Waals surface area contributed by atoms with Crippen molar-refractivity contribution in [3.63, 3.8) is 0 Å². The van der Waals surface area contributed by atoms with Crippen LogP contribution in [0.2, 0.25) is 0 Å². The van der Waals surface area contributed by atoms with Crippen LogP contribution in [-0.4, -0.2) is 36.9 Å². The van der Waals surface area contributed by atoms with E-state index in [0.29, 0.717) is 12.5 Å². The minimum atomic E-state index is 0.162. The van der Waals surface area contributed by atoms with Crippen molar-refractivity contribution in [2.45, 2.75) is 60.6 Å². The molecule has 1 aliphatic rings. The van der Waals surface area contributed by atoms with Crippen LogP contribution in [0.25, 0.3) is 0 Å². The number of guanidine groups is 1. The van der Waals surface area contributed by atoms with Gasteiger partial charge in [-0.3, -0.25) is 0 Å². The van der Waals surface area contributed by atoms with Gasteiger partial charge in [0.2, 0.25) is 0 Å². The number of aliphatic imine (C=N–C) groups is 1.